The first-order valence-electron chi connectivity index (χ1n) is 6.21. The largest absolute Gasteiger partial charge is 0.385 e. The van der Waals surface area contributed by atoms with E-state index in [2.05, 4.69) is 19.1 Å². The van der Waals surface area contributed by atoms with Crippen molar-refractivity contribution in [2.45, 2.75) is 38.2 Å². The van der Waals surface area contributed by atoms with E-state index in [0.717, 1.165) is 18.4 Å². The lowest BCUT2D eigenvalue weighted by molar-refractivity contribution is 0.180. The molecule has 2 rings (SSSR count). The highest BCUT2D eigenvalue weighted by Crippen LogP contribution is 2.48. The van der Waals surface area contributed by atoms with Crippen LogP contribution in [0.15, 0.2) is 36.4 Å². The molecule has 1 fully saturated rings. The van der Waals surface area contributed by atoms with E-state index in [9.17, 15) is 5.11 Å². The molecule has 86 valence electrons. The Bertz CT molecular complexity index is 355. The molecular weight excluding hydrogens is 196 g/mol. The van der Waals surface area contributed by atoms with E-state index in [1.54, 1.807) is 0 Å². The van der Waals surface area contributed by atoms with Gasteiger partial charge in [-0.1, -0.05) is 62.2 Å². The molecule has 1 nitrogen and oxygen atoms in total. The van der Waals surface area contributed by atoms with Crippen LogP contribution in [0, 0.1) is 5.92 Å². The first-order chi connectivity index (χ1) is 7.74. The number of hydrogen-bond acceptors (Lipinski definition) is 1. The summed E-state index contributed by atoms with van der Waals surface area (Å²) >= 11 is 0. The first kappa shape index (κ1) is 11.4. The zero-order chi connectivity index (χ0) is 11.4. The fraction of sp³-hybridized carbons (Fsp3) is 0.467. The van der Waals surface area contributed by atoms with Crippen molar-refractivity contribution in [1.82, 2.24) is 0 Å². The van der Waals surface area contributed by atoms with E-state index in [-0.39, 0.29) is 0 Å². The molecule has 0 heterocycles. The zero-order valence-electron chi connectivity index (χ0n) is 9.89. The van der Waals surface area contributed by atoms with Crippen molar-refractivity contribution >= 4 is 6.08 Å². The van der Waals surface area contributed by atoms with E-state index < -0.39 is 5.60 Å². The van der Waals surface area contributed by atoms with Crippen LogP contribution in [0.4, 0.5) is 0 Å². The van der Waals surface area contributed by atoms with Crippen molar-refractivity contribution in [1.29, 1.82) is 0 Å². The Morgan fingerprint density at radius 2 is 2.12 bits per heavy atom. The molecule has 0 unspecified atom stereocenters. The minimum atomic E-state index is -0.509. The number of rotatable bonds is 5. The topological polar surface area (TPSA) is 20.2 Å². The van der Waals surface area contributed by atoms with E-state index >= 15 is 0 Å². The van der Waals surface area contributed by atoms with Crippen LogP contribution in [0.5, 0.6) is 0 Å². The van der Waals surface area contributed by atoms with Gasteiger partial charge in [0, 0.05) is 0 Å². The third-order valence-electron chi connectivity index (χ3n) is 3.39. The maximum Gasteiger partial charge on any atom is 0.0863 e. The number of benzene rings is 1. The van der Waals surface area contributed by atoms with Crippen LogP contribution >= 0.6 is 0 Å². The SMILES string of the molecule is CCCC[C@H]1C[C@]1(O)/C=C/c1ccccc1. The lowest BCUT2D eigenvalue weighted by atomic mass is 10.1. The Labute approximate surface area is 97.8 Å². The molecule has 0 aromatic heterocycles. The van der Waals surface area contributed by atoms with Crippen LogP contribution in [0.25, 0.3) is 6.08 Å². The molecule has 16 heavy (non-hydrogen) atoms. The fourth-order valence-corrected chi connectivity index (χ4v) is 2.15. The Morgan fingerprint density at radius 1 is 1.38 bits per heavy atom. The van der Waals surface area contributed by atoms with Gasteiger partial charge in [0.1, 0.15) is 0 Å². The van der Waals surface area contributed by atoms with Crippen molar-refractivity contribution < 1.29 is 5.11 Å². The lowest BCUT2D eigenvalue weighted by Gasteiger charge is -2.03. The Balaban J connectivity index is 1.89. The van der Waals surface area contributed by atoms with E-state index in [0.29, 0.717) is 5.92 Å². The first-order valence-corrected chi connectivity index (χ1v) is 6.21. The summed E-state index contributed by atoms with van der Waals surface area (Å²) in [6.07, 6.45) is 8.55. The molecule has 1 aliphatic rings. The zero-order valence-corrected chi connectivity index (χ0v) is 9.89. The molecule has 1 N–H and O–H groups in total. The Morgan fingerprint density at radius 3 is 2.81 bits per heavy atom. The van der Waals surface area contributed by atoms with Crippen molar-refractivity contribution in [3.8, 4) is 0 Å². The molecular formula is C15H20O. The lowest BCUT2D eigenvalue weighted by Crippen LogP contribution is -2.06. The van der Waals surface area contributed by atoms with Gasteiger partial charge in [0.05, 0.1) is 5.60 Å². The van der Waals surface area contributed by atoms with Crippen LogP contribution in [0.1, 0.15) is 38.2 Å². The summed E-state index contributed by atoms with van der Waals surface area (Å²) in [6, 6.07) is 10.2. The molecule has 1 aromatic rings. The van der Waals surface area contributed by atoms with Crippen LogP contribution in [0.2, 0.25) is 0 Å². The van der Waals surface area contributed by atoms with Crippen molar-refractivity contribution in [3.05, 3.63) is 42.0 Å². The van der Waals surface area contributed by atoms with Crippen LogP contribution in [0.3, 0.4) is 0 Å². The van der Waals surface area contributed by atoms with E-state index in [1.807, 2.05) is 30.4 Å². The summed E-state index contributed by atoms with van der Waals surface area (Å²) in [4.78, 5) is 0. The quantitative estimate of drug-likeness (QED) is 0.796. The van der Waals surface area contributed by atoms with Gasteiger partial charge in [-0.3, -0.25) is 0 Å². The van der Waals surface area contributed by atoms with Gasteiger partial charge < -0.3 is 5.11 Å². The van der Waals surface area contributed by atoms with Gasteiger partial charge in [-0.25, -0.2) is 0 Å². The van der Waals surface area contributed by atoms with Gasteiger partial charge in [0.15, 0.2) is 0 Å². The number of hydrogen-bond donors (Lipinski definition) is 1. The second-order valence-electron chi connectivity index (χ2n) is 4.78. The predicted octanol–water partition coefficient (Wildman–Crippen LogP) is 3.64. The maximum absolute atomic E-state index is 10.2. The minimum absolute atomic E-state index is 0.493. The second-order valence-corrected chi connectivity index (χ2v) is 4.78. The van der Waals surface area contributed by atoms with Gasteiger partial charge in [-0.15, -0.1) is 0 Å². The second kappa shape index (κ2) is 4.84. The Hall–Kier alpha value is -1.08. The van der Waals surface area contributed by atoms with Crippen molar-refractivity contribution in [3.63, 3.8) is 0 Å². The highest BCUT2D eigenvalue weighted by molar-refractivity contribution is 5.51. The molecule has 0 spiro atoms. The predicted molar refractivity (Wildman–Crippen MR) is 68.1 cm³/mol. The third-order valence-corrected chi connectivity index (χ3v) is 3.39. The van der Waals surface area contributed by atoms with Crippen LogP contribution in [-0.2, 0) is 0 Å². The molecule has 1 aliphatic carbocycles. The minimum Gasteiger partial charge on any atom is -0.385 e. The summed E-state index contributed by atoms with van der Waals surface area (Å²) in [5.41, 5.74) is 0.655. The average molecular weight is 216 g/mol. The van der Waals surface area contributed by atoms with Gasteiger partial charge in [-0.05, 0) is 24.3 Å². The van der Waals surface area contributed by atoms with Gasteiger partial charge in [0.2, 0.25) is 0 Å². The van der Waals surface area contributed by atoms with E-state index in [4.69, 9.17) is 0 Å². The molecule has 0 bridgehead atoms. The van der Waals surface area contributed by atoms with Gasteiger partial charge in [-0.2, -0.15) is 0 Å². The molecule has 0 aliphatic heterocycles. The van der Waals surface area contributed by atoms with Crippen molar-refractivity contribution in [2.75, 3.05) is 0 Å². The van der Waals surface area contributed by atoms with Crippen LogP contribution in [-0.4, -0.2) is 10.7 Å². The van der Waals surface area contributed by atoms with Crippen molar-refractivity contribution in [2.24, 2.45) is 5.92 Å². The average Bonchev–Trinajstić information content (AvgIpc) is 2.97. The van der Waals surface area contributed by atoms with Gasteiger partial charge >= 0.3 is 0 Å². The number of unbranched alkanes of at least 4 members (excludes halogenated alkanes) is 1. The third kappa shape index (κ3) is 2.73. The molecule has 1 aromatic carbocycles. The summed E-state index contributed by atoms with van der Waals surface area (Å²) in [6.45, 7) is 2.20. The molecule has 1 heteroatoms. The molecule has 0 saturated heterocycles. The van der Waals surface area contributed by atoms with Gasteiger partial charge in [0.25, 0.3) is 0 Å². The highest BCUT2D eigenvalue weighted by atomic mass is 16.3. The fourth-order valence-electron chi connectivity index (χ4n) is 2.15. The summed E-state index contributed by atoms with van der Waals surface area (Å²) in [5, 5.41) is 10.2. The molecule has 0 amide bonds. The smallest absolute Gasteiger partial charge is 0.0863 e. The molecule has 1 saturated carbocycles. The normalized spacial score (nSPS) is 28.5. The molecule has 0 radical (unpaired) electrons. The van der Waals surface area contributed by atoms with E-state index in [1.165, 1.54) is 12.8 Å². The van der Waals surface area contributed by atoms with Crippen LogP contribution < -0.4 is 0 Å². The maximum atomic E-state index is 10.2. The standard InChI is InChI=1S/C15H20O/c1-2-3-9-14-12-15(14,16)11-10-13-7-5-4-6-8-13/h4-8,10-11,14,16H,2-3,9,12H2,1H3/b11-10+/t14-,15+/m0/s1. The molecule has 2 atom stereocenters. The highest BCUT2D eigenvalue weighted by Gasteiger charge is 2.49. The Kier molecular flexibility index (Phi) is 3.45. The summed E-state index contributed by atoms with van der Waals surface area (Å²) in [5.74, 6) is 0.493. The summed E-state index contributed by atoms with van der Waals surface area (Å²) < 4.78 is 0. The number of aliphatic hydroxyl groups is 1. The monoisotopic (exact) mass is 216 g/mol. The summed E-state index contributed by atoms with van der Waals surface area (Å²) in [7, 11) is 0.